The number of esters is 3. The Hall–Kier alpha value is -3.67. The van der Waals surface area contributed by atoms with Crippen LogP contribution in [0.15, 0.2) is 97.2 Å². The van der Waals surface area contributed by atoms with Crippen molar-refractivity contribution in [2.75, 3.05) is 13.2 Å². The average molecular weight is 1030 g/mol. The summed E-state index contributed by atoms with van der Waals surface area (Å²) in [5, 5.41) is 0. The highest BCUT2D eigenvalue weighted by Crippen LogP contribution is 2.17. The van der Waals surface area contributed by atoms with Crippen LogP contribution < -0.4 is 0 Å². The third-order valence-corrected chi connectivity index (χ3v) is 13.3. The van der Waals surface area contributed by atoms with Crippen LogP contribution in [0.2, 0.25) is 0 Å². The molecule has 0 heterocycles. The first-order valence-corrected chi connectivity index (χ1v) is 31.2. The van der Waals surface area contributed by atoms with Crippen LogP contribution in [0, 0.1) is 0 Å². The van der Waals surface area contributed by atoms with Crippen LogP contribution in [0.4, 0.5) is 0 Å². The maximum Gasteiger partial charge on any atom is 0.306 e. The molecule has 6 nitrogen and oxygen atoms in total. The van der Waals surface area contributed by atoms with Crippen molar-refractivity contribution < 1.29 is 28.6 Å². The molecule has 0 N–H and O–H groups in total. The number of ether oxygens (including phenoxy) is 3. The monoisotopic (exact) mass is 1030 g/mol. The van der Waals surface area contributed by atoms with E-state index in [0.717, 1.165) is 135 Å². The maximum atomic E-state index is 12.9. The van der Waals surface area contributed by atoms with Gasteiger partial charge in [-0.25, -0.2) is 0 Å². The molecule has 0 radical (unpaired) electrons. The molecule has 0 aliphatic heterocycles. The smallest absolute Gasteiger partial charge is 0.306 e. The van der Waals surface area contributed by atoms with Crippen LogP contribution >= 0.6 is 0 Å². The Bertz CT molecular complexity index is 1460. The van der Waals surface area contributed by atoms with Gasteiger partial charge in [-0.05, 0) is 96.3 Å². The molecule has 0 saturated carbocycles. The second kappa shape index (κ2) is 61.9. The van der Waals surface area contributed by atoms with E-state index in [-0.39, 0.29) is 31.1 Å². The van der Waals surface area contributed by atoms with Crippen molar-refractivity contribution in [1.29, 1.82) is 0 Å². The molecular formula is C68H116O6. The van der Waals surface area contributed by atoms with Gasteiger partial charge in [-0.15, -0.1) is 0 Å². The Kier molecular flexibility index (Phi) is 58.8. The molecule has 424 valence electrons. The standard InChI is InChI=1S/C68H116O6/c1-4-7-10-13-16-19-22-25-27-29-31-33-35-36-38-40-43-46-49-52-55-58-61-67(70)73-64-65(63-72-66(69)60-57-54-51-48-45-42-24-21-18-15-12-9-6-3)74-68(71)62-59-56-53-50-47-44-41-39-37-34-32-30-28-26-23-20-17-14-11-8-5-2/h8-9,11-12,17-18,20-21,26,28,32,34,39,41-42,45,65H,4-7,10,13-16,19,22-25,27,29-31,33,35-38,40,43-44,46-64H2,1-3H3/b11-8-,12-9-,20-17-,21-18-,28-26-,34-32-,41-39-,45-42-. The summed E-state index contributed by atoms with van der Waals surface area (Å²) in [6, 6.07) is 0. The second-order valence-electron chi connectivity index (χ2n) is 20.6. The number of hydrogen-bond acceptors (Lipinski definition) is 6. The molecule has 0 bridgehead atoms. The summed E-state index contributed by atoms with van der Waals surface area (Å²) in [4.78, 5) is 38.3. The van der Waals surface area contributed by atoms with E-state index in [0.29, 0.717) is 19.3 Å². The third kappa shape index (κ3) is 59.2. The quantitative estimate of drug-likeness (QED) is 0.0261. The highest BCUT2D eigenvalue weighted by atomic mass is 16.6. The number of carbonyl (C=O) groups excluding carboxylic acids is 3. The Balaban J connectivity index is 4.37. The maximum absolute atomic E-state index is 12.9. The van der Waals surface area contributed by atoms with E-state index in [9.17, 15) is 14.4 Å². The minimum Gasteiger partial charge on any atom is -0.462 e. The van der Waals surface area contributed by atoms with E-state index in [1.807, 2.05) is 0 Å². The fraction of sp³-hybridized carbons (Fsp3) is 0.721. The lowest BCUT2D eigenvalue weighted by atomic mass is 10.0. The first-order chi connectivity index (χ1) is 36.5. The Morgan fingerprint density at radius 2 is 0.527 bits per heavy atom. The van der Waals surface area contributed by atoms with Crippen LogP contribution in [-0.2, 0) is 28.6 Å². The molecule has 6 heteroatoms. The van der Waals surface area contributed by atoms with Crippen molar-refractivity contribution in [2.24, 2.45) is 0 Å². The van der Waals surface area contributed by atoms with Gasteiger partial charge in [0, 0.05) is 19.3 Å². The van der Waals surface area contributed by atoms with Crippen LogP contribution in [0.3, 0.4) is 0 Å². The van der Waals surface area contributed by atoms with Gasteiger partial charge >= 0.3 is 17.9 Å². The SMILES string of the molecule is CC/C=C\C/C=C\C/C=C\C/C=C\C/C=C\CCCCCCCC(=O)OC(COC(=O)CCCCC/C=C\C/C=C\C/C=C\CC)COC(=O)CCCCCCCCCCCCCCCCCCCCCCCC. The Morgan fingerprint density at radius 1 is 0.284 bits per heavy atom. The topological polar surface area (TPSA) is 78.9 Å². The van der Waals surface area contributed by atoms with Gasteiger partial charge in [0.05, 0.1) is 0 Å². The summed E-state index contributed by atoms with van der Waals surface area (Å²) in [6.45, 7) is 6.40. The zero-order chi connectivity index (χ0) is 53.6. The lowest BCUT2D eigenvalue weighted by Gasteiger charge is -2.18. The molecular weight excluding hydrogens is 913 g/mol. The van der Waals surface area contributed by atoms with Gasteiger partial charge in [0.1, 0.15) is 13.2 Å². The number of hydrogen-bond donors (Lipinski definition) is 0. The summed E-state index contributed by atoms with van der Waals surface area (Å²) in [5.74, 6) is -0.934. The van der Waals surface area contributed by atoms with Crippen LogP contribution in [-0.4, -0.2) is 37.2 Å². The molecule has 0 amide bonds. The molecule has 0 aromatic rings. The summed E-state index contributed by atoms with van der Waals surface area (Å²) >= 11 is 0. The summed E-state index contributed by atoms with van der Waals surface area (Å²) in [6.07, 6.45) is 82.7. The minimum atomic E-state index is -0.801. The number of rotatable bonds is 56. The van der Waals surface area contributed by atoms with Gasteiger partial charge in [0.2, 0.25) is 0 Å². The molecule has 0 aromatic carbocycles. The van der Waals surface area contributed by atoms with Crippen molar-refractivity contribution in [2.45, 2.75) is 303 Å². The van der Waals surface area contributed by atoms with Gasteiger partial charge in [0.15, 0.2) is 6.10 Å². The number of unbranched alkanes of at least 4 members (excludes halogenated alkanes) is 29. The first kappa shape index (κ1) is 70.3. The number of allylic oxidation sites excluding steroid dienone is 16. The van der Waals surface area contributed by atoms with E-state index in [1.54, 1.807) is 0 Å². The zero-order valence-electron chi connectivity index (χ0n) is 48.6. The predicted octanol–water partition coefficient (Wildman–Crippen LogP) is 21.3. The van der Waals surface area contributed by atoms with E-state index >= 15 is 0 Å². The van der Waals surface area contributed by atoms with Crippen molar-refractivity contribution in [3.05, 3.63) is 97.2 Å². The second-order valence-corrected chi connectivity index (χ2v) is 20.6. The largest absolute Gasteiger partial charge is 0.462 e. The Labute approximate surface area is 457 Å². The van der Waals surface area contributed by atoms with Crippen molar-refractivity contribution in [3.63, 3.8) is 0 Å². The molecule has 1 unspecified atom stereocenters. The summed E-state index contributed by atoms with van der Waals surface area (Å²) < 4.78 is 16.9. The van der Waals surface area contributed by atoms with Crippen molar-refractivity contribution >= 4 is 17.9 Å². The van der Waals surface area contributed by atoms with Gasteiger partial charge in [-0.2, -0.15) is 0 Å². The summed E-state index contributed by atoms with van der Waals surface area (Å²) in [5.41, 5.74) is 0. The number of carbonyl (C=O) groups is 3. The fourth-order valence-corrected chi connectivity index (χ4v) is 8.72. The van der Waals surface area contributed by atoms with E-state index in [4.69, 9.17) is 14.2 Å². The third-order valence-electron chi connectivity index (χ3n) is 13.3. The molecule has 0 aliphatic carbocycles. The van der Waals surface area contributed by atoms with Crippen LogP contribution in [0.25, 0.3) is 0 Å². The highest BCUT2D eigenvalue weighted by Gasteiger charge is 2.19. The molecule has 1 atom stereocenters. The summed E-state index contributed by atoms with van der Waals surface area (Å²) in [7, 11) is 0. The van der Waals surface area contributed by atoms with E-state index in [2.05, 4.69) is 118 Å². The average Bonchev–Trinajstić information content (AvgIpc) is 3.40. The molecule has 0 rings (SSSR count). The lowest BCUT2D eigenvalue weighted by Crippen LogP contribution is -2.30. The predicted molar refractivity (Wildman–Crippen MR) is 320 cm³/mol. The molecule has 0 aromatic heterocycles. The molecule has 0 fully saturated rings. The van der Waals surface area contributed by atoms with Crippen LogP contribution in [0.5, 0.6) is 0 Å². The van der Waals surface area contributed by atoms with E-state index < -0.39 is 6.10 Å². The van der Waals surface area contributed by atoms with Gasteiger partial charge < -0.3 is 14.2 Å². The molecule has 74 heavy (non-hydrogen) atoms. The lowest BCUT2D eigenvalue weighted by molar-refractivity contribution is -0.167. The molecule has 0 saturated heterocycles. The van der Waals surface area contributed by atoms with Gasteiger partial charge in [0.25, 0.3) is 0 Å². The molecule has 0 aliphatic rings. The van der Waals surface area contributed by atoms with E-state index in [1.165, 1.54) is 122 Å². The van der Waals surface area contributed by atoms with Crippen LogP contribution in [0.1, 0.15) is 297 Å². The van der Waals surface area contributed by atoms with Crippen molar-refractivity contribution in [1.82, 2.24) is 0 Å². The zero-order valence-corrected chi connectivity index (χ0v) is 48.6. The van der Waals surface area contributed by atoms with Gasteiger partial charge in [-0.3, -0.25) is 14.4 Å². The Morgan fingerprint density at radius 3 is 0.838 bits per heavy atom. The van der Waals surface area contributed by atoms with Gasteiger partial charge in [-0.1, -0.05) is 279 Å². The minimum absolute atomic E-state index is 0.0933. The molecule has 0 spiro atoms. The highest BCUT2D eigenvalue weighted by molar-refractivity contribution is 5.71. The fourth-order valence-electron chi connectivity index (χ4n) is 8.72. The first-order valence-electron chi connectivity index (χ1n) is 31.2. The normalized spacial score (nSPS) is 12.7. The van der Waals surface area contributed by atoms with Crippen molar-refractivity contribution in [3.8, 4) is 0 Å².